The SMILES string of the molecule is CCCC(CCc1ccc(F)cc1C)NCC. The topological polar surface area (TPSA) is 12.0 Å². The summed E-state index contributed by atoms with van der Waals surface area (Å²) in [4.78, 5) is 0. The predicted octanol–water partition coefficient (Wildman–Crippen LogP) is 3.84. The molecule has 0 saturated carbocycles. The van der Waals surface area contributed by atoms with Gasteiger partial charge in [-0.05, 0) is 56.0 Å². The van der Waals surface area contributed by atoms with Crippen LogP contribution in [0, 0.1) is 12.7 Å². The second-order valence-corrected chi connectivity index (χ2v) is 4.65. The Balaban J connectivity index is 2.52. The quantitative estimate of drug-likeness (QED) is 0.759. The molecule has 0 spiro atoms. The summed E-state index contributed by atoms with van der Waals surface area (Å²) >= 11 is 0. The lowest BCUT2D eigenvalue weighted by Gasteiger charge is -2.17. The fourth-order valence-corrected chi connectivity index (χ4v) is 2.26. The molecule has 0 aliphatic carbocycles. The van der Waals surface area contributed by atoms with Gasteiger partial charge in [0.15, 0.2) is 0 Å². The van der Waals surface area contributed by atoms with Crippen LogP contribution in [0.2, 0.25) is 0 Å². The minimum Gasteiger partial charge on any atom is -0.314 e. The summed E-state index contributed by atoms with van der Waals surface area (Å²) in [5, 5.41) is 3.51. The van der Waals surface area contributed by atoms with Gasteiger partial charge in [0.05, 0.1) is 0 Å². The van der Waals surface area contributed by atoms with E-state index < -0.39 is 0 Å². The monoisotopic (exact) mass is 237 g/mol. The molecule has 17 heavy (non-hydrogen) atoms. The molecule has 1 atom stereocenters. The highest BCUT2D eigenvalue weighted by Gasteiger charge is 2.07. The second kappa shape index (κ2) is 7.44. The van der Waals surface area contributed by atoms with E-state index in [1.807, 2.05) is 13.0 Å². The normalized spacial score (nSPS) is 12.7. The molecule has 0 fully saturated rings. The summed E-state index contributed by atoms with van der Waals surface area (Å²) in [6, 6.07) is 5.69. The molecule has 0 radical (unpaired) electrons. The van der Waals surface area contributed by atoms with E-state index in [-0.39, 0.29) is 5.82 Å². The van der Waals surface area contributed by atoms with Crippen molar-refractivity contribution in [2.24, 2.45) is 0 Å². The zero-order chi connectivity index (χ0) is 12.7. The number of rotatable bonds is 7. The molecule has 0 amide bonds. The van der Waals surface area contributed by atoms with Crippen LogP contribution >= 0.6 is 0 Å². The maximum absolute atomic E-state index is 13.0. The van der Waals surface area contributed by atoms with Crippen molar-refractivity contribution < 1.29 is 4.39 Å². The largest absolute Gasteiger partial charge is 0.314 e. The molecular weight excluding hydrogens is 213 g/mol. The molecule has 0 aliphatic heterocycles. The smallest absolute Gasteiger partial charge is 0.123 e. The molecule has 0 aliphatic rings. The Morgan fingerprint density at radius 1 is 1.24 bits per heavy atom. The van der Waals surface area contributed by atoms with E-state index in [0.29, 0.717) is 6.04 Å². The molecule has 0 heterocycles. The summed E-state index contributed by atoms with van der Waals surface area (Å²) in [5.41, 5.74) is 2.34. The zero-order valence-corrected chi connectivity index (χ0v) is 11.2. The number of hydrogen-bond donors (Lipinski definition) is 1. The van der Waals surface area contributed by atoms with Gasteiger partial charge in [-0.3, -0.25) is 0 Å². The van der Waals surface area contributed by atoms with E-state index in [0.717, 1.165) is 24.9 Å². The maximum Gasteiger partial charge on any atom is 0.123 e. The van der Waals surface area contributed by atoms with Crippen LogP contribution in [-0.2, 0) is 6.42 Å². The van der Waals surface area contributed by atoms with E-state index in [2.05, 4.69) is 19.2 Å². The molecule has 1 aromatic carbocycles. The molecule has 1 N–H and O–H groups in total. The Kier molecular flexibility index (Phi) is 6.20. The lowest BCUT2D eigenvalue weighted by molar-refractivity contribution is 0.459. The van der Waals surface area contributed by atoms with Gasteiger partial charge in [-0.25, -0.2) is 4.39 Å². The molecule has 0 bridgehead atoms. The van der Waals surface area contributed by atoms with Crippen molar-refractivity contribution >= 4 is 0 Å². The Morgan fingerprint density at radius 3 is 2.59 bits per heavy atom. The van der Waals surface area contributed by atoms with Crippen molar-refractivity contribution in [3.05, 3.63) is 35.1 Å². The first-order valence-electron chi connectivity index (χ1n) is 6.65. The fourth-order valence-electron chi connectivity index (χ4n) is 2.26. The van der Waals surface area contributed by atoms with Gasteiger partial charge >= 0.3 is 0 Å². The van der Waals surface area contributed by atoms with E-state index >= 15 is 0 Å². The first kappa shape index (κ1) is 14.2. The average molecular weight is 237 g/mol. The number of halogens is 1. The van der Waals surface area contributed by atoms with Crippen LogP contribution in [0.4, 0.5) is 4.39 Å². The molecule has 1 nitrogen and oxygen atoms in total. The summed E-state index contributed by atoms with van der Waals surface area (Å²) in [5.74, 6) is -0.136. The average Bonchev–Trinajstić information content (AvgIpc) is 2.28. The van der Waals surface area contributed by atoms with Gasteiger partial charge in [-0.15, -0.1) is 0 Å². The molecule has 1 rings (SSSR count). The molecule has 1 unspecified atom stereocenters. The molecular formula is C15H24FN. The van der Waals surface area contributed by atoms with E-state index in [4.69, 9.17) is 0 Å². The van der Waals surface area contributed by atoms with Crippen LogP contribution in [0.15, 0.2) is 18.2 Å². The summed E-state index contributed by atoms with van der Waals surface area (Å²) in [6.45, 7) is 7.37. The van der Waals surface area contributed by atoms with Crippen molar-refractivity contribution in [2.45, 2.75) is 52.5 Å². The Labute approximate surface area is 104 Å². The van der Waals surface area contributed by atoms with Gasteiger partial charge in [0.1, 0.15) is 5.82 Å². The first-order chi connectivity index (χ1) is 8.17. The minimum atomic E-state index is -0.136. The summed E-state index contributed by atoms with van der Waals surface area (Å²) in [6.07, 6.45) is 4.59. The molecule has 2 heteroatoms. The van der Waals surface area contributed by atoms with Crippen LogP contribution in [0.1, 0.15) is 44.2 Å². The van der Waals surface area contributed by atoms with Crippen LogP contribution in [0.3, 0.4) is 0 Å². The van der Waals surface area contributed by atoms with Gasteiger partial charge in [-0.1, -0.05) is 26.3 Å². The predicted molar refractivity (Wildman–Crippen MR) is 71.8 cm³/mol. The Hall–Kier alpha value is -0.890. The van der Waals surface area contributed by atoms with Crippen molar-refractivity contribution in [3.63, 3.8) is 0 Å². The molecule has 1 aromatic rings. The zero-order valence-electron chi connectivity index (χ0n) is 11.2. The third kappa shape index (κ3) is 4.86. The minimum absolute atomic E-state index is 0.136. The summed E-state index contributed by atoms with van der Waals surface area (Å²) < 4.78 is 13.0. The third-order valence-electron chi connectivity index (χ3n) is 3.20. The standard InChI is InChI=1S/C15H24FN/c1-4-6-15(17-5-2)10-8-13-7-9-14(16)11-12(13)3/h7,9,11,15,17H,4-6,8,10H2,1-3H3. The Morgan fingerprint density at radius 2 is 2.00 bits per heavy atom. The molecule has 0 saturated heterocycles. The van der Waals surface area contributed by atoms with Crippen LogP contribution in [0.5, 0.6) is 0 Å². The fraction of sp³-hybridized carbons (Fsp3) is 0.600. The second-order valence-electron chi connectivity index (χ2n) is 4.65. The first-order valence-corrected chi connectivity index (χ1v) is 6.65. The van der Waals surface area contributed by atoms with Gasteiger partial charge in [0.2, 0.25) is 0 Å². The maximum atomic E-state index is 13.0. The van der Waals surface area contributed by atoms with E-state index in [1.54, 1.807) is 12.1 Å². The molecule has 96 valence electrons. The van der Waals surface area contributed by atoms with Crippen LogP contribution < -0.4 is 5.32 Å². The highest BCUT2D eigenvalue weighted by molar-refractivity contribution is 5.26. The van der Waals surface area contributed by atoms with E-state index in [9.17, 15) is 4.39 Å². The van der Waals surface area contributed by atoms with Crippen molar-refractivity contribution in [2.75, 3.05) is 6.54 Å². The van der Waals surface area contributed by atoms with Crippen molar-refractivity contribution in [1.29, 1.82) is 0 Å². The number of aryl methyl sites for hydroxylation is 2. The molecule has 0 aromatic heterocycles. The van der Waals surface area contributed by atoms with Gasteiger partial charge < -0.3 is 5.32 Å². The van der Waals surface area contributed by atoms with Crippen molar-refractivity contribution in [1.82, 2.24) is 5.32 Å². The van der Waals surface area contributed by atoms with Gasteiger partial charge in [-0.2, -0.15) is 0 Å². The number of hydrogen-bond acceptors (Lipinski definition) is 1. The van der Waals surface area contributed by atoms with Crippen molar-refractivity contribution in [3.8, 4) is 0 Å². The highest BCUT2D eigenvalue weighted by atomic mass is 19.1. The van der Waals surface area contributed by atoms with Gasteiger partial charge in [0, 0.05) is 6.04 Å². The van der Waals surface area contributed by atoms with E-state index in [1.165, 1.54) is 18.4 Å². The Bertz CT molecular complexity index is 330. The van der Waals surface area contributed by atoms with Crippen LogP contribution in [-0.4, -0.2) is 12.6 Å². The van der Waals surface area contributed by atoms with Gasteiger partial charge in [0.25, 0.3) is 0 Å². The lowest BCUT2D eigenvalue weighted by atomic mass is 9.99. The number of nitrogens with one attached hydrogen (secondary N) is 1. The lowest BCUT2D eigenvalue weighted by Crippen LogP contribution is -2.29. The van der Waals surface area contributed by atoms with Crippen LogP contribution in [0.25, 0.3) is 0 Å². The summed E-state index contributed by atoms with van der Waals surface area (Å²) in [7, 11) is 0. The number of benzene rings is 1. The third-order valence-corrected chi connectivity index (χ3v) is 3.20. The highest BCUT2D eigenvalue weighted by Crippen LogP contribution is 2.14.